The molecule has 3 nitrogen and oxygen atoms in total. The van der Waals surface area contributed by atoms with Crippen LogP contribution in [0.1, 0.15) is 25.8 Å². The molecule has 0 aliphatic carbocycles. The van der Waals surface area contributed by atoms with E-state index in [0.717, 1.165) is 11.3 Å². The Balaban J connectivity index is 3.08. The fourth-order valence-corrected chi connectivity index (χ4v) is 1.84. The highest BCUT2D eigenvalue weighted by Crippen LogP contribution is 2.33. The van der Waals surface area contributed by atoms with E-state index >= 15 is 0 Å². The standard InChI is InChI=1S/C13H21NO2/c1-3-16-12-7-5-4-6-11(12)13(2,10-14)8-9-15/h4-7,15H,3,8-10,14H2,1-2H3. The van der Waals surface area contributed by atoms with Gasteiger partial charge in [0.1, 0.15) is 5.75 Å². The van der Waals surface area contributed by atoms with Crippen LogP contribution in [0.25, 0.3) is 0 Å². The SMILES string of the molecule is CCOc1ccccc1C(C)(CN)CCO. The number of para-hydroxylation sites is 1. The molecule has 0 bridgehead atoms. The average molecular weight is 223 g/mol. The molecule has 3 heteroatoms. The Kier molecular flexibility index (Phi) is 4.77. The van der Waals surface area contributed by atoms with E-state index in [4.69, 9.17) is 15.6 Å². The molecular formula is C13H21NO2. The monoisotopic (exact) mass is 223 g/mol. The number of ether oxygens (including phenoxy) is 1. The smallest absolute Gasteiger partial charge is 0.123 e. The topological polar surface area (TPSA) is 55.5 Å². The van der Waals surface area contributed by atoms with Crippen LogP contribution in [0.3, 0.4) is 0 Å². The zero-order chi connectivity index (χ0) is 12.0. The zero-order valence-electron chi connectivity index (χ0n) is 10.1. The van der Waals surface area contributed by atoms with Gasteiger partial charge in [0.25, 0.3) is 0 Å². The average Bonchev–Trinajstić information content (AvgIpc) is 2.30. The van der Waals surface area contributed by atoms with Crippen LogP contribution >= 0.6 is 0 Å². The molecular weight excluding hydrogens is 202 g/mol. The van der Waals surface area contributed by atoms with E-state index in [0.29, 0.717) is 19.6 Å². The number of nitrogens with two attached hydrogens (primary N) is 1. The van der Waals surface area contributed by atoms with Crippen LogP contribution in [-0.4, -0.2) is 24.9 Å². The third-order valence-corrected chi connectivity index (χ3v) is 2.95. The molecule has 0 aromatic heterocycles. The Bertz CT molecular complexity index is 327. The summed E-state index contributed by atoms with van der Waals surface area (Å²) >= 11 is 0. The van der Waals surface area contributed by atoms with Crippen LogP contribution in [0.2, 0.25) is 0 Å². The summed E-state index contributed by atoms with van der Waals surface area (Å²) < 4.78 is 5.59. The van der Waals surface area contributed by atoms with Crippen molar-refractivity contribution >= 4 is 0 Å². The van der Waals surface area contributed by atoms with E-state index in [9.17, 15) is 0 Å². The molecule has 1 aromatic rings. The highest BCUT2D eigenvalue weighted by Gasteiger charge is 2.27. The quantitative estimate of drug-likeness (QED) is 0.771. The van der Waals surface area contributed by atoms with Gasteiger partial charge in [-0.2, -0.15) is 0 Å². The van der Waals surface area contributed by atoms with Crippen LogP contribution in [0.15, 0.2) is 24.3 Å². The summed E-state index contributed by atoms with van der Waals surface area (Å²) in [5.41, 5.74) is 6.68. The van der Waals surface area contributed by atoms with Gasteiger partial charge in [0.2, 0.25) is 0 Å². The maximum atomic E-state index is 9.12. The molecule has 0 radical (unpaired) electrons. The zero-order valence-corrected chi connectivity index (χ0v) is 10.1. The highest BCUT2D eigenvalue weighted by atomic mass is 16.5. The van der Waals surface area contributed by atoms with Crippen LogP contribution in [0, 0.1) is 0 Å². The molecule has 0 heterocycles. The maximum absolute atomic E-state index is 9.12. The van der Waals surface area contributed by atoms with E-state index in [1.165, 1.54) is 0 Å². The van der Waals surface area contributed by atoms with Gasteiger partial charge in [-0.1, -0.05) is 25.1 Å². The second-order valence-electron chi connectivity index (χ2n) is 4.17. The number of rotatable bonds is 6. The molecule has 1 atom stereocenters. The largest absolute Gasteiger partial charge is 0.494 e. The number of hydrogen-bond acceptors (Lipinski definition) is 3. The summed E-state index contributed by atoms with van der Waals surface area (Å²) in [5.74, 6) is 0.867. The van der Waals surface area contributed by atoms with Gasteiger partial charge in [0.05, 0.1) is 6.61 Å². The second-order valence-corrected chi connectivity index (χ2v) is 4.17. The second kappa shape index (κ2) is 5.87. The first kappa shape index (κ1) is 13.0. The predicted octanol–water partition coefficient (Wildman–Crippen LogP) is 1.68. The van der Waals surface area contributed by atoms with Crippen LogP contribution < -0.4 is 10.5 Å². The Labute approximate surface area is 97.2 Å². The third-order valence-electron chi connectivity index (χ3n) is 2.95. The molecule has 0 aliphatic heterocycles. The first-order valence-electron chi connectivity index (χ1n) is 5.71. The van der Waals surface area contributed by atoms with Crippen molar-refractivity contribution in [3.05, 3.63) is 29.8 Å². The highest BCUT2D eigenvalue weighted by molar-refractivity contribution is 5.39. The lowest BCUT2D eigenvalue weighted by atomic mass is 9.79. The minimum absolute atomic E-state index is 0.133. The summed E-state index contributed by atoms with van der Waals surface area (Å²) in [6, 6.07) is 7.89. The molecule has 0 spiro atoms. The van der Waals surface area contributed by atoms with Crippen molar-refractivity contribution in [2.75, 3.05) is 19.8 Å². The van der Waals surface area contributed by atoms with Crippen molar-refractivity contribution < 1.29 is 9.84 Å². The van der Waals surface area contributed by atoms with Gasteiger partial charge in [-0.25, -0.2) is 0 Å². The lowest BCUT2D eigenvalue weighted by molar-refractivity contribution is 0.242. The maximum Gasteiger partial charge on any atom is 0.123 e. The van der Waals surface area contributed by atoms with Gasteiger partial charge in [0, 0.05) is 24.1 Å². The molecule has 3 N–H and O–H groups in total. The van der Waals surface area contributed by atoms with Crippen molar-refractivity contribution in [2.45, 2.75) is 25.7 Å². The number of benzene rings is 1. The molecule has 1 aromatic carbocycles. The Morgan fingerprint density at radius 1 is 1.38 bits per heavy atom. The van der Waals surface area contributed by atoms with Crippen LogP contribution in [0.4, 0.5) is 0 Å². The number of aliphatic hydroxyl groups is 1. The van der Waals surface area contributed by atoms with E-state index in [-0.39, 0.29) is 12.0 Å². The van der Waals surface area contributed by atoms with Crippen molar-refractivity contribution in [3.63, 3.8) is 0 Å². The van der Waals surface area contributed by atoms with Crippen molar-refractivity contribution in [2.24, 2.45) is 5.73 Å². The normalized spacial score (nSPS) is 14.5. The van der Waals surface area contributed by atoms with E-state index < -0.39 is 0 Å². The van der Waals surface area contributed by atoms with Gasteiger partial charge in [-0.15, -0.1) is 0 Å². The van der Waals surface area contributed by atoms with Crippen LogP contribution in [0.5, 0.6) is 5.75 Å². The lowest BCUT2D eigenvalue weighted by Crippen LogP contribution is -2.33. The van der Waals surface area contributed by atoms with Crippen LogP contribution in [-0.2, 0) is 5.41 Å². The van der Waals surface area contributed by atoms with Crippen molar-refractivity contribution in [1.29, 1.82) is 0 Å². The molecule has 0 saturated carbocycles. The van der Waals surface area contributed by atoms with Gasteiger partial charge in [-0.3, -0.25) is 0 Å². The van der Waals surface area contributed by atoms with Crippen molar-refractivity contribution in [3.8, 4) is 5.75 Å². The van der Waals surface area contributed by atoms with E-state index in [1.54, 1.807) is 0 Å². The first-order valence-corrected chi connectivity index (χ1v) is 5.71. The van der Waals surface area contributed by atoms with E-state index in [2.05, 4.69) is 6.92 Å². The molecule has 1 unspecified atom stereocenters. The molecule has 0 aliphatic rings. The fourth-order valence-electron chi connectivity index (χ4n) is 1.84. The van der Waals surface area contributed by atoms with Crippen molar-refractivity contribution in [1.82, 2.24) is 0 Å². The third kappa shape index (κ3) is 2.74. The Morgan fingerprint density at radius 3 is 2.62 bits per heavy atom. The van der Waals surface area contributed by atoms with Gasteiger partial charge in [-0.05, 0) is 19.4 Å². The van der Waals surface area contributed by atoms with Gasteiger partial charge >= 0.3 is 0 Å². The summed E-state index contributed by atoms with van der Waals surface area (Å²) in [6.45, 7) is 5.28. The fraction of sp³-hybridized carbons (Fsp3) is 0.538. The molecule has 90 valence electrons. The van der Waals surface area contributed by atoms with Gasteiger partial charge in [0.15, 0.2) is 0 Å². The molecule has 0 fully saturated rings. The van der Waals surface area contributed by atoms with Gasteiger partial charge < -0.3 is 15.6 Å². The molecule has 1 rings (SSSR count). The summed E-state index contributed by atoms with van der Waals surface area (Å²) in [5, 5.41) is 9.12. The summed E-state index contributed by atoms with van der Waals surface area (Å²) in [7, 11) is 0. The molecule has 16 heavy (non-hydrogen) atoms. The minimum atomic E-state index is -0.222. The predicted molar refractivity (Wildman–Crippen MR) is 65.7 cm³/mol. The lowest BCUT2D eigenvalue weighted by Gasteiger charge is -2.29. The van der Waals surface area contributed by atoms with E-state index in [1.807, 2.05) is 31.2 Å². The minimum Gasteiger partial charge on any atom is -0.494 e. The molecule has 0 saturated heterocycles. The summed E-state index contributed by atoms with van der Waals surface area (Å²) in [4.78, 5) is 0. The number of aliphatic hydroxyl groups excluding tert-OH is 1. The Hall–Kier alpha value is -1.06. The number of hydrogen-bond donors (Lipinski definition) is 2. The first-order chi connectivity index (χ1) is 7.68. The Morgan fingerprint density at radius 2 is 2.06 bits per heavy atom. The summed E-state index contributed by atoms with van der Waals surface area (Å²) in [6.07, 6.45) is 0.646. The molecule has 0 amide bonds.